The fraction of sp³-hybridized carbons (Fsp3) is 0.381. The van der Waals surface area contributed by atoms with Gasteiger partial charge in [-0.1, -0.05) is 6.07 Å². The van der Waals surface area contributed by atoms with Gasteiger partial charge >= 0.3 is 0 Å². The summed E-state index contributed by atoms with van der Waals surface area (Å²) in [5.74, 6) is 2.49. The molecule has 0 saturated carbocycles. The van der Waals surface area contributed by atoms with E-state index in [-0.39, 0.29) is 11.7 Å². The van der Waals surface area contributed by atoms with Crippen LogP contribution in [-0.4, -0.2) is 50.2 Å². The maximum Gasteiger partial charge on any atom is 0.205 e. The lowest BCUT2D eigenvalue weighted by Crippen LogP contribution is -2.39. The van der Waals surface area contributed by atoms with Gasteiger partial charge in [-0.05, 0) is 30.4 Å². The van der Waals surface area contributed by atoms with Crippen LogP contribution in [-0.2, 0) is 0 Å². The average molecular weight is 413 g/mol. The van der Waals surface area contributed by atoms with E-state index >= 15 is 0 Å². The normalized spacial score (nSPS) is 16.7. The number of carbonyl (C=O) groups is 1. The Hall–Kier alpha value is -2.87. The van der Waals surface area contributed by atoms with Gasteiger partial charge in [0.15, 0.2) is 17.3 Å². The molecule has 3 heterocycles. The van der Waals surface area contributed by atoms with Gasteiger partial charge < -0.3 is 19.1 Å². The Labute approximate surface area is 173 Å². The topological polar surface area (TPSA) is 73.8 Å². The van der Waals surface area contributed by atoms with Crippen LogP contribution in [0.1, 0.15) is 22.5 Å². The molecule has 0 aliphatic carbocycles. The van der Waals surface area contributed by atoms with Crippen molar-refractivity contribution >= 4 is 33.8 Å². The fourth-order valence-electron chi connectivity index (χ4n) is 3.91. The van der Waals surface area contributed by atoms with Crippen LogP contribution in [0.4, 0.5) is 5.82 Å². The van der Waals surface area contributed by atoms with Gasteiger partial charge in [-0.25, -0.2) is 9.97 Å². The van der Waals surface area contributed by atoms with Gasteiger partial charge in [0.05, 0.1) is 31.6 Å². The molecule has 2 aromatic heterocycles. The van der Waals surface area contributed by atoms with Gasteiger partial charge in [0, 0.05) is 19.0 Å². The molecule has 1 unspecified atom stereocenters. The minimum Gasteiger partial charge on any atom is -0.493 e. The number of ketones is 1. The minimum absolute atomic E-state index is 0.0468. The van der Waals surface area contributed by atoms with E-state index < -0.39 is 0 Å². The molecule has 0 radical (unpaired) electrons. The first-order valence-corrected chi connectivity index (χ1v) is 10.3. The summed E-state index contributed by atoms with van der Waals surface area (Å²) in [5.41, 5.74) is 0.654. The molecular formula is C21H23N3O4S. The van der Waals surface area contributed by atoms with Crippen LogP contribution in [0.15, 0.2) is 29.9 Å². The highest BCUT2D eigenvalue weighted by Crippen LogP contribution is 2.44. The van der Waals surface area contributed by atoms with Crippen molar-refractivity contribution in [3.63, 3.8) is 0 Å². The van der Waals surface area contributed by atoms with Gasteiger partial charge in [-0.15, -0.1) is 11.3 Å². The number of aromatic nitrogens is 2. The SMILES string of the molecule is COc1cc2c(N3CCCC(C(=O)c4cccs4)C3)ncnc2c(OC)c1OC. The third kappa shape index (κ3) is 3.48. The molecule has 7 nitrogen and oxygen atoms in total. The van der Waals surface area contributed by atoms with E-state index in [0.717, 1.165) is 35.5 Å². The molecule has 152 valence electrons. The van der Waals surface area contributed by atoms with Crippen LogP contribution in [0, 0.1) is 5.92 Å². The molecule has 1 saturated heterocycles. The van der Waals surface area contributed by atoms with E-state index in [9.17, 15) is 4.79 Å². The summed E-state index contributed by atoms with van der Waals surface area (Å²) in [7, 11) is 4.73. The van der Waals surface area contributed by atoms with E-state index in [1.807, 2.05) is 23.6 Å². The number of Topliss-reactive ketones (excluding diaryl/α,β-unsaturated/α-hetero) is 1. The monoisotopic (exact) mass is 413 g/mol. The highest BCUT2D eigenvalue weighted by Gasteiger charge is 2.29. The van der Waals surface area contributed by atoms with Crippen molar-refractivity contribution in [2.24, 2.45) is 5.92 Å². The molecule has 1 aliphatic heterocycles. The number of thiophene rings is 1. The first kappa shape index (κ1) is 19.4. The number of hydrogen-bond donors (Lipinski definition) is 0. The van der Waals surface area contributed by atoms with Gasteiger partial charge in [0.1, 0.15) is 17.7 Å². The summed E-state index contributed by atoms with van der Waals surface area (Å²) in [6, 6.07) is 5.69. The number of hydrogen-bond acceptors (Lipinski definition) is 8. The zero-order valence-electron chi connectivity index (χ0n) is 16.7. The third-order valence-corrected chi connectivity index (χ3v) is 6.15. The number of nitrogens with zero attached hydrogens (tertiary/aromatic N) is 3. The molecule has 3 aromatic rings. The molecule has 0 amide bonds. The summed E-state index contributed by atoms with van der Waals surface area (Å²) < 4.78 is 16.6. The lowest BCUT2D eigenvalue weighted by molar-refractivity contribution is 0.0911. The zero-order chi connectivity index (χ0) is 20.4. The van der Waals surface area contributed by atoms with Gasteiger partial charge in [-0.3, -0.25) is 4.79 Å². The number of ether oxygens (including phenoxy) is 3. The highest BCUT2D eigenvalue weighted by atomic mass is 32.1. The Balaban J connectivity index is 1.74. The van der Waals surface area contributed by atoms with Crippen molar-refractivity contribution in [1.82, 2.24) is 9.97 Å². The molecule has 4 rings (SSSR count). The maximum absolute atomic E-state index is 12.9. The number of fused-ring (bicyclic) bond motifs is 1. The standard InChI is InChI=1S/C21H23N3O4S/c1-26-15-10-14-17(20(28-3)19(15)27-2)22-12-23-21(14)24-8-4-6-13(11-24)18(25)16-7-5-9-29-16/h5,7,9-10,12-13H,4,6,8,11H2,1-3H3. The van der Waals surface area contributed by atoms with Crippen molar-refractivity contribution in [2.45, 2.75) is 12.8 Å². The minimum atomic E-state index is -0.0468. The van der Waals surface area contributed by atoms with Crippen LogP contribution in [0.25, 0.3) is 10.9 Å². The van der Waals surface area contributed by atoms with Gasteiger partial charge in [0.25, 0.3) is 0 Å². The Morgan fingerprint density at radius 3 is 2.69 bits per heavy atom. The molecule has 1 fully saturated rings. The van der Waals surface area contributed by atoms with E-state index in [1.165, 1.54) is 17.7 Å². The number of piperidine rings is 1. The van der Waals surface area contributed by atoms with Crippen molar-refractivity contribution in [3.8, 4) is 17.2 Å². The van der Waals surface area contributed by atoms with Crippen molar-refractivity contribution < 1.29 is 19.0 Å². The van der Waals surface area contributed by atoms with E-state index in [4.69, 9.17) is 14.2 Å². The maximum atomic E-state index is 12.9. The molecule has 0 bridgehead atoms. The van der Waals surface area contributed by atoms with E-state index in [2.05, 4.69) is 14.9 Å². The summed E-state index contributed by atoms with van der Waals surface area (Å²) >= 11 is 1.50. The molecule has 29 heavy (non-hydrogen) atoms. The molecule has 1 aromatic carbocycles. The first-order valence-electron chi connectivity index (χ1n) is 9.44. The fourth-order valence-corrected chi connectivity index (χ4v) is 4.65. The van der Waals surface area contributed by atoms with Crippen molar-refractivity contribution in [3.05, 3.63) is 34.8 Å². The molecule has 1 aliphatic rings. The number of benzene rings is 1. The highest BCUT2D eigenvalue weighted by molar-refractivity contribution is 7.12. The lowest BCUT2D eigenvalue weighted by atomic mass is 9.92. The number of rotatable bonds is 6. The Morgan fingerprint density at radius 1 is 1.17 bits per heavy atom. The third-order valence-electron chi connectivity index (χ3n) is 5.27. The summed E-state index contributed by atoms with van der Waals surface area (Å²) in [6.07, 6.45) is 3.34. The summed E-state index contributed by atoms with van der Waals surface area (Å²) in [5, 5.41) is 2.75. The van der Waals surface area contributed by atoms with Crippen LogP contribution < -0.4 is 19.1 Å². The number of methoxy groups -OCH3 is 3. The van der Waals surface area contributed by atoms with Crippen molar-refractivity contribution in [1.29, 1.82) is 0 Å². The lowest BCUT2D eigenvalue weighted by Gasteiger charge is -2.33. The Kier molecular flexibility index (Phi) is 5.53. The predicted molar refractivity (Wildman–Crippen MR) is 113 cm³/mol. The molecule has 8 heteroatoms. The van der Waals surface area contributed by atoms with Gasteiger partial charge in [0.2, 0.25) is 5.75 Å². The first-order chi connectivity index (χ1) is 14.2. The summed E-state index contributed by atoms with van der Waals surface area (Å²) in [6.45, 7) is 1.45. The quantitative estimate of drug-likeness (QED) is 0.569. The number of carbonyl (C=O) groups excluding carboxylic acids is 1. The average Bonchev–Trinajstić information content (AvgIpc) is 3.31. The van der Waals surface area contributed by atoms with Crippen LogP contribution in [0.5, 0.6) is 17.2 Å². The molecule has 0 spiro atoms. The number of anilines is 1. The van der Waals surface area contributed by atoms with Crippen molar-refractivity contribution in [2.75, 3.05) is 39.3 Å². The predicted octanol–water partition coefficient (Wildman–Crippen LogP) is 3.82. The zero-order valence-corrected chi connectivity index (χ0v) is 17.5. The second-order valence-electron chi connectivity index (χ2n) is 6.87. The summed E-state index contributed by atoms with van der Waals surface area (Å²) in [4.78, 5) is 24.8. The molecule has 0 N–H and O–H groups in total. The van der Waals surface area contributed by atoms with E-state index in [1.54, 1.807) is 21.3 Å². The molecular weight excluding hydrogens is 390 g/mol. The van der Waals surface area contributed by atoms with Crippen LogP contribution >= 0.6 is 11.3 Å². The smallest absolute Gasteiger partial charge is 0.205 e. The molecule has 1 atom stereocenters. The second kappa shape index (κ2) is 8.24. The Bertz CT molecular complexity index is 1020. The van der Waals surface area contributed by atoms with Crippen LogP contribution in [0.3, 0.4) is 0 Å². The Morgan fingerprint density at radius 2 is 2.00 bits per heavy atom. The van der Waals surface area contributed by atoms with Gasteiger partial charge in [-0.2, -0.15) is 0 Å². The van der Waals surface area contributed by atoms with E-state index in [0.29, 0.717) is 29.3 Å². The van der Waals surface area contributed by atoms with Crippen LogP contribution in [0.2, 0.25) is 0 Å². The largest absolute Gasteiger partial charge is 0.493 e. The second-order valence-corrected chi connectivity index (χ2v) is 7.81.